The van der Waals surface area contributed by atoms with E-state index in [2.05, 4.69) is 21.9 Å². The van der Waals surface area contributed by atoms with Gasteiger partial charge in [0.05, 0.1) is 13.7 Å². The van der Waals surface area contributed by atoms with E-state index in [-0.39, 0.29) is 30.3 Å². The second kappa shape index (κ2) is 19.2. The van der Waals surface area contributed by atoms with E-state index in [4.69, 9.17) is 14.2 Å². The van der Waals surface area contributed by atoms with Gasteiger partial charge in [-0.15, -0.1) is 9.56 Å². The Morgan fingerprint density at radius 1 is 0.850 bits per heavy atom. The minimum atomic E-state index is -4.46. The molecule has 0 aliphatic rings. The molecule has 2 aromatic heterocycles. The maximum atomic E-state index is 13.2. The molecule has 0 saturated carbocycles. The van der Waals surface area contributed by atoms with E-state index in [1.165, 1.54) is 90.6 Å². The van der Waals surface area contributed by atoms with Gasteiger partial charge in [-0.2, -0.15) is 4.98 Å². The Morgan fingerprint density at radius 2 is 1.38 bits per heavy atom. The largest absolute Gasteiger partial charge is 0.459 e. The lowest BCUT2D eigenvalue weighted by Crippen LogP contribution is -2.35. The SMILES string of the molecule is CCCCCCCCCCCCCCCCCCOn1c(N(OC)P(=O)(O)OCC)nc2nc(CC)[nH]c2c1=O. The highest BCUT2D eigenvalue weighted by molar-refractivity contribution is 7.54. The van der Waals surface area contributed by atoms with Crippen LogP contribution in [0.5, 0.6) is 0 Å². The average Bonchev–Trinajstić information content (AvgIpc) is 3.35. The molecule has 0 spiro atoms. The highest BCUT2D eigenvalue weighted by Crippen LogP contribution is 2.48. The number of rotatable bonds is 24. The van der Waals surface area contributed by atoms with Crippen molar-refractivity contribution >= 4 is 24.9 Å². The number of hydrogen-bond donors (Lipinski definition) is 2. The number of nitrogens with zero attached hydrogens (tertiary/aromatic N) is 4. The lowest BCUT2D eigenvalue weighted by atomic mass is 10.0. The number of aromatic amines is 1. The number of H-pyrrole nitrogens is 1. The summed E-state index contributed by atoms with van der Waals surface area (Å²) < 4.78 is 18.6. The number of aromatic nitrogens is 4. The van der Waals surface area contributed by atoms with Crippen LogP contribution in [0.1, 0.15) is 129 Å². The summed E-state index contributed by atoms with van der Waals surface area (Å²) in [6, 6.07) is 0. The summed E-state index contributed by atoms with van der Waals surface area (Å²) in [5, 5.41) is 0. The van der Waals surface area contributed by atoms with Gasteiger partial charge in [-0.1, -0.05) is 104 Å². The average molecular weight is 586 g/mol. The highest BCUT2D eigenvalue weighted by Gasteiger charge is 2.36. The monoisotopic (exact) mass is 585 g/mol. The highest BCUT2D eigenvalue weighted by atomic mass is 31.2. The summed E-state index contributed by atoms with van der Waals surface area (Å²) in [5.41, 5.74) is -0.298. The van der Waals surface area contributed by atoms with Crippen LogP contribution < -0.4 is 15.2 Å². The molecule has 1 atom stereocenters. The molecule has 0 amide bonds. The van der Waals surface area contributed by atoms with Gasteiger partial charge < -0.3 is 14.7 Å². The number of aryl methyl sites for hydroxylation is 1. The molecule has 2 N–H and O–H groups in total. The van der Waals surface area contributed by atoms with Gasteiger partial charge in [0, 0.05) is 6.42 Å². The van der Waals surface area contributed by atoms with E-state index in [1.807, 2.05) is 6.92 Å². The van der Waals surface area contributed by atoms with Crippen molar-refractivity contribution in [1.82, 2.24) is 19.7 Å². The minimum absolute atomic E-state index is 0.0391. The summed E-state index contributed by atoms with van der Waals surface area (Å²) in [6.07, 6.45) is 20.8. The lowest BCUT2D eigenvalue weighted by Gasteiger charge is -2.25. The first kappa shape index (κ1) is 34.3. The topological polar surface area (TPSA) is 132 Å². The van der Waals surface area contributed by atoms with E-state index in [0.29, 0.717) is 17.1 Å². The molecule has 1 unspecified atom stereocenters. The van der Waals surface area contributed by atoms with Gasteiger partial charge in [0.1, 0.15) is 12.4 Å². The van der Waals surface area contributed by atoms with Gasteiger partial charge in [-0.3, -0.25) is 14.2 Å². The smallest absolute Gasteiger partial charge is 0.407 e. The molecular formula is C28H52N5O6P. The van der Waals surface area contributed by atoms with E-state index < -0.39 is 13.3 Å². The Balaban J connectivity index is 1.77. The molecule has 2 aromatic rings. The van der Waals surface area contributed by atoms with Crippen molar-refractivity contribution in [3.63, 3.8) is 0 Å². The van der Waals surface area contributed by atoms with Gasteiger partial charge in [0.25, 0.3) is 5.95 Å². The van der Waals surface area contributed by atoms with Crippen LogP contribution in [0, 0.1) is 0 Å². The third-order valence-corrected chi connectivity index (χ3v) is 8.34. The predicted octanol–water partition coefficient (Wildman–Crippen LogP) is 6.88. The zero-order valence-electron chi connectivity index (χ0n) is 25.2. The van der Waals surface area contributed by atoms with E-state index in [1.54, 1.807) is 6.92 Å². The van der Waals surface area contributed by atoms with Gasteiger partial charge in [0.15, 0.2) is 11.2 Å². The zero-order chi connectivity index (χ0) is 29.2. The normalized spacial score (nSPS) is 13.1. The van der Waals surface area contributed by atoms with Crippen molar-refractivity contribution in [3.8, 4) is 0 Å². The van der Waals surface area contributed by atoms with Gasteiger partial charge in [0.2, 0.25) is 0 Å². The Hall–Kier alpha value is -1.94. The van der Waals surface area contributed by atoms with Gasteiger partial charge in [-0.05, 0) is 19.8 Å². The number of anilines is 1. The molecule has 2 heterocycles. The van der Waals surface area contributed by atoms with Crippen molar-refractivity contribution in [2.75, 3.05) is 25.2 Å². The summed E-state index contributed by atoms with van der Waals surface area (Å²) in [4.78, 5) is 46.6. The van der Waals surface area contributed by atoms with Crippen molar-refractivity contribution in [2.45, 2.75) is 130 Å². The van der Waals surface area contributed by atoms with Crippen LogP contribution in [-0.4, -0.2) is 44.9 Å². The Labute approximate surface area is 239 Å². The molecule has 0 radical (unpaired) electrons. The van der Waals surface area contributed by atoms with Crippen molar-refractivity contribution in [1.29, 1.82) is 0 Å². The quantitative estimate of drug-likeness (QED) is 0.0769. The van der Waals surface area contributed by atoms with Crippen LogP contribution >= 0.6 is 7.75 Å². The molecule has 230 valence electrons. The van der Waals surface area contributed by atoms with Crippen LogP contribution in [0.4, 0.5) is 5.95 Å². The second-order valence-corrected chi connectivity index (χ2v) is 11.9. The maximum Gasteiger partial charge on any atom is 0.459 e. The number of unbranched alkanes of at least 4 members (excludes halogenated alkanes) is 15. The molecule has 0 aliphatic heterocycles. The fraction of sp³-hybridized carbons (Fsp3) is 0.821. The van der Waals surface area contributed by atoms with Crippen molar-refractivity contribution in [3.05, 3.63) is 16.2 Å². The molecule has 2 rings (SSSR count). The number of fused-ring (bicyclic) bond motifs is 1. The van der Waals surface area contributed by atoms with Crippen molar-refractivity contribution < 1.29 is 23.7 Å². The van der Waals surface area contributed by atoms with Crippen LogP contribution in [0.25, 0.3) is 11.2 Å². The molecule has 0 aromatic carbocycles. The molecule has 40 heavy (non-hydrogen) atoms. The Morgan fingerprint density at radius 3 is 1.85 bits per heavy atom. The third-order valence-electron chi connectivity index (χ3n) is 6.94. The van der Waals surface area contributed by atoms with Gasteiger partial charge >= 0.3 is 13.3 Å². The molecule has 0 bridgehead atoms. The van der Waals surface area contributed by atoms with Gasteiger partial charge in [-0.25, -0.2) is 9.55 Å². The number of nitrogens with one attached hydrogen (secondary N) is 1. The molecule has 12 heteroatoms. The van der Waals surface area contributed by atoms with E-state index in [0.717, 1.165) is 24.0 Å². The molecule has 0 aliphatic carbocycles. The summed E-state index contributed by atoms with van der Waals surface area (Å²) >= 11 is 0. The summed E-state index contributed by atoms with van der Waals surface area (Å²) in [7, 11) is -3.26. The summed E-state index contributed by atoms with van der Waals surface area (Å²) in [5.74, 6) is 0.270. The Kier molecular flexibility index (Phi) is 16.5. The van der Waals surface area contributed by atoms with E-state index in [9.17, 15) is 14.3 Å². The van der Waals surface area contributed by atoms with Crippen LogP contribution in [-0.2, 0) is 20.3 Å². The first-order chi connectivity index (χ1) is 19.4. The first-order valence-corrected chi connectivity index (χ1v) is 16.9. The molecule has 0 fully saturated rings. The van der Waals surface area contributed by atoms with E-state index >= 15 is 0 Å². The lowest BCUT2D eigenvalue weighted by molar-refractivity contribution is 0.0851. The fourth-order valence-electron chi connectivity index (χ4n) is 4.70. The van der Waals surface area contributed by atoms with Crippen LogP contribution in [0.3, 0.4) is 0 Å². The fourth-order valence-corrected chi connectivity index (χ4v) is 5.70. The molecule has 0 saturated heterocycles. The van der Waals surface area contributed by atoms with Crippen LogP contribution in [0.2, 0.25) is 0 Å². The standard InChI is InChI=1S/C28H52N5O6P/c1-5-8-9-10-11-12-13-14-15-16-17-18-19-20-21-22-23-38-32-27(34)25-26(30-24(6-2)29-25)31-28(32)33(37-4)40(35,36)39-7-3/h5-23H2,1-4H3,(H,29,30)(H,35,36). The predicted molar refractivity (Wildman–Crippen MR) is 159 cm³/mol. The maximum absolute atomic E-state index is 13.2. The zero-order valence-corrected chi connectivity index (χ0v) is 26.1. The minimum Gasteiger partial charge on any atom is -0.407 e. The van der Waals surface area contributed by atoms with Crippen molar-refractivity contribution in [2.24, 2.45) is 0 Å². The first-order valence-electron chi connectivity index (χ1n) is 15.4. The Bertz CT molecular complexity index is 1080. The molecular weight excluding hydrogens is 533 g/mol. The summed E-state index contributed by atoms with van der Waals surface area (Å²) in [6.45, 7) is 5.94. The number of hydrogen-bond acceptors (Lipinski definition) is 7. The second-order valence-electron chi connectivity index (χ2n) is 10.2. The number of imidazole rings is 1. The van der Waals surface area contributed by atoms with Crippen LogP contribution in [0.15, 0.2) is 4.79 Å². The molecule has 11 nitrogen and oxygen atoms in total. The third kappa shape index (κ3) is 11.1.